The van der Waals surface area contributed by atoms with Gasteiger partial charge in [0.1, 0.15) is 22.5 Å². The second-order valence-corrected chi connectivity index (χ2v) is 14.4. The summed E-state index contributed by atoms with van der Waals surface area (Å²) in [4.78, 5) is 70.8. The number of rotatable bonds is 4. The minimum absolute atomic E-state index is 0.0114. The predicted octanol–water partition coefficient (Wildman–Crippen LogP) is 5.87. The zero-order chi connectivity index (χ0) is 36.4. The smallest absolute Gasteiger partial charge is 0.273 e. The van der Waals surface area contributed by atoms with Gasteiger partial charge in [-0.3, -0.25) is 19.2 Å². The summed E-state index contributed by atoms with van der Waals surface area (Å²) in [6.45, 7) is 10.8. The molecule has 4 heterocycles. The van der Waals surface area contributed by atoms with Crippen LogP contribution in [0.15, 0.2) is 70.5 Å². The number of fused-ring (bicyclic) bond motifs is 5. The third-order valence-electron chi connectivity index (χ3n) is 8.76. The third-order valence-corrected chi connectivity index (χ3v) is 9.69. The van der Waals surface area contributed by atoms with Gasteiger partial charge in [-0.05, 0) is 37.8 Å². The van der Waals surface area contributed by atoms with Crippen LogP contribution in [0.4, 0.5) is 0 Å². The van der Waals surface area contributed by atoms with E-state index in [2.05, 4.69) is 25.9 Å². The molecule has 0 radical (unpaired) electrons. The lowest BCUT2D eigenvalue weighted by atomic mass is 10.0. The minimum Gasteiger partial charge on any atom is -0.443 e. The van der Waals surface area contributed by atoms with Crippen molar-refractivity contribution < 1.29 is 23.6 Å². The normalized spacial score (nSPS) is 19.0. The number of nitrogens with zero attached hydrogens (tertiary/aromatic N) is 4. The van der Waals surface area contributed by atoms with E-state index >= 15 is 0 Å². The highest BCUT2D eigenvalue weighted by atomic mass is 32.1. The van der Waals surface area contributed by atoms with Gasteiger partial charge in [0.05, 0.1) is 29.4 Å². The number of aromatic nitrogens is 3. The summed E-state index contributed by atoms with van der Waals surface area (Å²) in [5, 5.41) is 11.8. The number of para-hydroxylation sites is 1. The molecule has 0 spiro atoms. The molecule has 5 aromatic rings. The Balaban J connectivity index is 1.41. The third kappa shape index (κ3) is 7.68. The van der Waals surface area contributed by atoms with Crippen LogP contribution >= 0.6 is 11.3 Å². The fraction of sp³-hybridized carbons (Fsp3) is 0.342. The largest absolute Gasteiger partial charge is 0.443 e. The molecule has 6 rings (SSSR count). The topological polar surface area (TPSA) is 159 Å². The van der Waals surface area contributed by atoms with E-state index in [0.29, 0.717) is 27.2 Å². The van der Waals surface area contributed by atoms with Crippen LogP contribution in [0.5, 0.6) is 0 Å². The van der Waals surface area contributed by atoms with E-state index in [0.717, 1.165) is 5.56 Å². The maximum Gasteiger partial charge on any atom is 0.273 e. The maximum absolute atomic E-state index is 14.6. The Kier molecular flexibility index (Phi) is 10.3. The van der Waals surface area contributed by atoms with Crippen molar-refractivity contribution in [2.45, 2.75) is 59.7 Å². The van der Waals surface area contributed by atoms with Crippen molar-refractivity contribution in [1.29, 1.82) is 0 Å². The highest BCUT2D eigenvalue weighted by Crippen LogP contribution is 2.29. The summed E-state index contributed by atoms with van der Waals surface area (Å²) < 4.78 is 5.93. The van der Waals surface area contributed by atoms with Gasteiger partial charge in [-0.2, -0.15) is 0 Å². The first-order valence-electron chi connectivity index (χ1n) is 17.0. The number of benzene rings is 2. The second kappa shape index (κ2) is 14.8. The monoisotopic (exact) mass is 707 g/mol. The highest BCUT2D eigenvalue weighted by molar-refractivity contribution is 7.09. The summed E-state index contributed by atoms with van der Waals surface area (Å²) in [5.74, 6) is -1.48. The Hall–Kier alpha value is -5.43. The van der Waals surface area contributed by atoms with Gasteiger partial charge >= 0.3 is 0 Å². The molecule has 4 bridgehead atoms. The molecule has 12 nitrogen and oxygen atoms in total. The van der Waals surface area contributed by atoms with E-state index < -0.39 is 41.8 Å². The lowest BCUT2D eigenvalue weighted by molar-refractivity contribution is -0.122. The molecule has 4 amide bonds. The van der Waals surface area contributed by atoms with Crippen molar-refractivity contribution in [1.82, 2.24) is 35.8 Å². The van der Waals surface area contributed by atoms with Gasteiger partial charge in [-0.25, -0.2) is 15.0 Å². The van der Waals surface area contributed by atoms with Crippen LogP contribution in [-0.2, 0) is 4.79 Å². The average molecular weight is 708 g/mol. The summed E-state index contributed by atoms with van der Waals surface area (Å²) in [6, 6.07) is 16.9. The number of nitrogens with one attached hydrogen (secondary N) is 3. The van der Waals surface area contributed by atoms with Crippen LogP contribution in [0.1, 0.15) is 94.7 Å². The lowest BCUT2D eigenvalue weighted by Gasteiger charge is -2.28. The van der Waals surface area contributed by atoms with E-state index in [1.165, 1.54) is 16.2 Å². The fourth-order valence-corrected chi connectivity index (χ4v) is 7.12. The molecule has 264 valence electrons. The standard InChI is InChI=1S/C38H41N7O5S/c1-20(2)31-36-44-33(23(6)50-36)35(48)39-22(5)17-45(18-30(46)42-32(21(3)4)37-41-29(19-51-37)34(47)43-31)38(49)26-16-28(24-12-8-7-9-13-24)40-27-15-11-10-14-25(26)27/h7-16,19-22,31-32H,17-18H2,1-6H3,(H,39,48)(H,42,46)(H,43,47)/t22-,31-,32+/m1/s1. The fourth-order valence-electron chi connectivity index (χ4n) is 6.10. The van der Waals surface area contributed by atoms with Crippen molar-refractivity contribution >= 4 is 45.9 Å². The van der Waals surface area contributed by atoms with Gasteiger partial charge in [-0.1, -0.05) is 76.2 Å². The van der Waals surface area contributed by atoms with Gasteiger partial charge in [0, 0.05) is 28.9 Å². The Labute approximate surface area is 300 Å². The number of carbonyl (C=O) groups excluding carboxylic acids is 4. The molecule has 13 heteroatoms. The maximum atomic E-state index is 14.6. The zero-order valence-electron chi connectivity index (χ0n) is 29.4. The lowest BCUT2D eigenvalue weighted by Crippen LogP contribution is -2.48. The molecule has 1 aliphatic heterocycles. The van der Waals surface area contributed by atoms with E-state index in [9.17, 15) is 19.2 Å². The van der Waals surface area contributed by atoms with E-state index in [4.69, 9.17) is 9.40 Å². The number of carbonyl (C=O) groups is 4. The quantitative estimate of drug-likeness (QED) is 0.209. The SMILES string of the molecule is Cc1oc2nc1C(=O)N[C@H](C)CN(C(=O)c1cc(-c3ccccc3)nc3ccccc13)CC(=O)N[C@@H](C(C)C)c1nc(cs1)C(=O)N[C@@H]2C(C)C. The number of oxazole rings is 1. The number of thiazole rings is 1. The molecule has 0 fully saturated rings. The summed E-state index contributed by atoms with van der Waals surface area (Å²) >= 11 is 1.27. The highest BCUT2D eigenvalue weighted by Gasteiger charge is 2.31. The van der Waals surface area contributed by atoms with Gasteiger partial charge in [0.15, 0.2) is 5.69 Å². The van der Waals surface area contributed by atoms with Gasteiger partial charge < -0.3 is 25.3 Å². The van der Waals surface area contributed by atoms with E-state index in [1.807, 2.05) is 82.3 Å². The first kappa shape index (κ1) is 35.4. The second-order valence-electron chi connectivity index (χ2n) is 13.5. The van der Waals surface area contributed by atoms with Crippen LogP contribution in [0.2, 0.25) is 0 Å². The summed E-state index contributed by atoms with van der Waals surface area (Å²) in [6.07, 6.45) is 0. The molecule has 3 aromatic heterocycles. The first-order valence-corrected chi connectivity index (χ1v) is 17.9. The van der Waals surface area contributed by atoms with Crippen molar-refractivity contribution in [3.63, 3.8) is 0 Å². The van der Waals surface area contributed by atoms with Crippen LogP contribution in [-0.4, -0.2) is 62.6 Å². The molecule has 0 unspecified atom stereocenters. The van der Waals surface area contributed by atoms with Crippen molar-refractivity contribution in [3.8, 4) is 11.3 Å². The molecule has 1 aliphatic rings. The minimum atomic E-state index is -0.635. The molecule has 51 heavy (non-hydrogen) atoms. The van der Waals surface area contributed by atoms with Crippen molar-refractivity contribution in [2.75, 3.05) is 13.1 Å². The Morgan fingerprint density at radius 3 is 2.29 bits per heavy atom. The molecular formula is C38H41N7O5S. The van der Waals surface area contributed by atoms with E-state index in [1.54, 1.807) is 25.3 Å². The van der Waals surface area contributed by atoms with Crippen molar-refractivity contribution in [2.24, 2.45) is 11.8 Å². The van der Waals surface area contributed by atoms with Crippen LogP contribution < -0.4 is 16.0 Å². The molecule has 0 saturated heterocycles. The first-order chi connectivity index (χ1) is 24.4. The molecule has 2 aromatic carbocycles. The molecule has 0 saturated carbocycles. The number of amides is 4. The van der Waals surface area contributed by atoms with Crippen LogP contribution in [0, 0.1) is 18.8 Å². The van der Waals surface area contributed by atoms with Crippen LogP contribution in [0.25, 0.3) is 22.2 Å². The predicted molar refractivity (Wildman–Crippen MR) is 194 cm³/mol. The number of aryl methyl sites for hydroxylation is 1. The molecular weight excluding hydrogens is 667 g/mol. The van der Waals surface area contributed by atoms with Gasteiger partial charge in [0.2, 0.25) is 11.8 Å². The molecule has 3 N–H and O–H groups in total. The Bertz CT molecular complexity index is 2090. The van der Waals surface area contributed by atoms with E-state index in [-0.39, 0.29) is 48.0 Å². The molecule has 3 atom stereocenters. The Morgan fingerprint density at radius 1 is 0.863 bits per heavy atom. The number of pyridine rings is 1. The number of hydrogen-bond donors (Lipinski definition) is 3. The zero-order valence-corrected chi connectivity index (χ0v) is 30.2. The molecule has 0 aliphatic carbocycles. The number of hydrogen-bond acceptors (Lipinski definition) is 9. The summed E-state index contributed by atoms with van der Waals surface area (Å²) in [7, 11) is 0. The Morgan fingerprint density at radius 2 is 1.57 bits per heavy atom. The van der Waals surface area contributed by atoms with Gasteiger partial charge in [0.25, 0.3) is 17.7 Å². The van der Waals surface area contributed by atoms with Crippen molar-refractivity contribution in [3.05, 3.63) is 99.7 Å². The average Bonchev–Trinajstić information content (AvgIpc) is 3.75. The van der Waals surface area contributed by atoms with Gasteiger partial charge in [-0.15, -0.1) is 11.3 Å². The van der Waals surface area contributed by atoms with Crippen LogP contribution in [0.3, 0.4) is 0 Å². The summed E-state index contributed by atoms with van der Waals surface area (Å²) in [5.41, 5.74) is 2.72.